The third kappa shape index (κ3) is 4.28. The molecule has 1 nitrogen and oxygen atoms in total. The Labute approximate surface area is 80.0 Å². The second-order valence-electron chi connectivity index (χ2n) is 3.51. The molecule has 2 atom stereocenters. The first-order valence-electron chi connectivity index (χ1n) is 4.70. The number of rotatable bonds is 4. The lowest BCUT2D eigenvalue weighted by Gasteiger charge is -2.20. The first kappa shape index (κ1) is 11.3. The van der Waals surface area contributed by atoms with E-state index in [9.17, 15) is 13.2 Å². The average Bonchev–Trinajstić information content (AvgIpc) is 2.15. The highest BCUT2D eigenvalue weighted by Gasteiger charge is 2.23. The molecule has 1 rings (SSSR count). The molecule has 0 aromatic carbocycles. The lowest BCUT2D eigenvalue weighted by atomic mass is 10.3. The van der Waals surface area contributed by atoms with Crippen molar-refractivity contribution in [3.05, 3.63) is 0 Å². The first-order chi connectivity index (χ1) is 6.20. The maximum atomic E-state index is 12.5. The van der Waals surface area contributed by atoms with E-state index in [-0.39, 0.29) is 6.42 Å². The third-order valence-electron chi connectivity index (χ3n) is 2.38. The Morgan fingerprint density at radius 3 is 2.69 bits per heavy atom. The van der Waals surface area contributed by atoms with Crippen LogP contribution in [0, 0.1) is 0 Å². The van der Waals surface area contributed by atoms with Crippen molar-refractivity contribution in [2.24, 2.45) is 0 Å². The molecule has 2 unspecified atom stereocenters. The molecule has 0 bridgehead atoms. The maximum absolute atomic E-state index is 12.5. The molecule has 0 aromatic rings. The molecular weight excluding hydrogens is 213 g/mol. The second-order valence-corrected chi connectivity index (χ2v) is 11.6. The number of hydrogen-bond acceptors (Lipinski definition) is 1. The summed E-state index contributed by atoms with van der Waals surface area (Å²) in [6, 6.07) is 1.90. The number of hydrogen-bond donors (Lipinski definition) is 0. The number of alkyl halides is 3. The van der Waals surface area contributed by atoms with Crippen LogP contribution < -0.4 is 0 Å². The minimum atomic E-state index is -2.79. The topological polar surface area (TPSA) is 9.23 Å². The Kier molecular flexibility index (Phi) is 5.04. The minimum Gasteiger partial charge on any atom is -0.428 e. The van der Waals surface area contributed by atoms with E-state index < -0.39 is 30.2 Å². The van der Waals surface area contributed by atoms with Crippen molar-refractivity contribution >= 4 is 17.6 Å². The molecular formula is C7H15F3OSi2. The Hall–Kier alpha value is 0.184. The molecule has 1 aliphatic heterocycles. The van der Waals surface area contributed by atoms with Crippen molar-refractivity contribution in [1.29, 1.82) is 0 Å². The summed E-state index contributed by atoms with van der Waals surface area (Å²) >= 11 is 0. The fourth-order valence-electron chi connectivity index (χ4n) is 1.56. The van der Waals surface area contributed by atoms with Crippen molar-refractivity contribution in [2.45, 2.75) is 37.5 Å². The van der Waals surface area contributed by atoms with E-state index in [1.807, 2.05) is 0 Å². The minimum absolute atomic E-state index is 0.0604. The Balaban J connectivity index is 2.10. The Morgan fingerprint density at radius 1 is 1.38 bits per heavy atom. The van der Waals surface area contributed by atoms with Crippen LogP contribution in [0.2, 0.25) is 12.1 Å². The summed E-state index contributed by atoms with van der Waals surface area (Å²) in [6.45, 7) is 0.851. The van der Waals surface area contributed by atoms with E-state index in [0.717, 1.165) is 19.1 Å². The van der Waals surface area contributed by atoms with Crippen LogP contribution in [0.15, 0.2) is 0 Å². The van der Waals surface area contributed by atoms with Crippen LogP contribution in [0.25, 0.3) is 0 Å². The third-order valence-corrected chi connectivity index (χ3v) is 10.3. The molecule has 1 saturated heterocycles. The highest BCUT2D eigenvalue weighted by atomic mass is 29.2. The molecule has 1 fully saturated rings. The smallest absolute Gasteiger partial charge is 0.269 e. The molecule has 0 aromatic heterocycles. The van der Waals surface area contributed by atoms with Crippen LogP contribution >= 0.6 is 0 Å². The molecule has 0 radical (unpaired) electrons. The van der Waals surface area contributed by atoms with Gasteiger partial charge in [0.15, 0.2) is 6.17 Å². The van der Waals surface area contributed by atoms with Crippen molar-refractivity contribution in [1.82, 2.24) is 0 Å². The van der Waals surface area contributed by atoms with Crippen molar-refractivity contribution in [2.75, 3.05) is 6.61 Å². The van der Waals surface area contributed by atoms with Gasteiger partial charge in [0.2, 0.25) is 0 Å². The lowest BCUT2D eigenvalue weighted by molar-refractivity contribution is 0.0481. The summed E-state index contributed by atoms with van der Waals surface area (Å²) in [7, 11) is -1.30. The van der Waals surface area contributed by atoms with Gasteiger partial charge in [0, 0.05) is 6.61 Å². The van der Waals surface area contributed by atoms with E-state index in [4.69, 9.17) is 4.43 Å². The molecule has 6 heteroatoms. The molecule has 1 aliphatic rings. The van der Waals surface area contributed by atoms with Crippen molar-refractivity contribution in [3.63, 3.8) is 0 Å². The van der Waals surface area contributed by atoms with Gasteiger partial charge in [0.05, 0.1) is 8.31 Å². The van der Waals surface area contributed by atoms with Gasteiger partial charge in [-0.3, -0.25) is 0 Å². The van der Waals surface area contributed by atoms with Crippen LogP contribution in [0.3, 0.4) is 0 Å². The summed E-state index contributed by atoms with van der Waals surface area (Å²) in [6.07, 6.45) is -3.57. The van der Waals surface area contributed by atoms with Crippen molar-refractivity contribution in [3.8, 4) is 0 Å². The highest BCUT2D eigenvalue weighted by molar-refractivity contribution is 7.10. The predicted octanol–water partition coefficient (Wildman–Crippen LogP) is 1.21. The normalized spacial score (nSPS) is 28.2. The van der Waals surface area contributed by atoms with Gasteiger partial charge in [-0.15, -0.1) is 0 Å². The van der Waals surface area contributed by atoms with Gasteiger partial charge in [-0.1, -0.05) is 12.1 Å². The largest absolute Gasteiger partial charge is 0.428 e. The molecule has 0 saturated carbocycles. The zero-order chi connectivity index (χ0) is 9.68. The van der Waals surface area contributed by atoms with Gasteiger partial charge in [-0.2, -0.15) is 0 Å². The van der Waals surface area contributed by atoms with E-state index in [0.29, 0.717) is 0 Å². The van der Waals surface area contributed by atoms with E-state index in [1.54, 1.807) is 0 Å². The average molecular weight is 228 g/mol. The molecule has 0 spiro atoms. The van der Waals surface area contributed by atoms with Gasteiger partial charge >= 0.3 is 0 Å². The van der Waals surface area contributed by atoms with Gasteiger partial charge in [-0.25, -0.2) is 13.2 Å². The molecule has 13 heavy (non-hydrogen) atoms. The highest BCUT2D eigenvalue weighted by Crippen LogP contribution is 2.17. The molecule has 0 aliphatic carbocycles. The van der Waals surface area contributed by atoms with Crippen LogP contribution in [-0.4, -0.2) is 36.8 Å². The van der Waals surface area contributed by atoms with Gasteiger partial charge in [0.1, 0.15) is 9.28 Å². The SMILES string of the molecule is FC(F)C(F)CC[SiH]1CCCO[SiH2]1. The van der Waals surface area contributed by atoms with E-state index >= 15 is 0 Å². The summed E-state index contributed by atoms with van der Waals surface area (Å²) in [5, 5.41) is 0. The lowest BCUT2D eigenvalue weighted by Crippen LogP contribution is -2.31. The molecule has 78 valence electrons. The van der Waals surface area contributed by atoms with Crippen LogP contribution in [0.1, 0.15) is 12.8 Å². The molecule has 0 amide bonds. The van der Waals surface area contributed by atoms with E-state index in [1.165, 1.54) is 6.04 Å². The second kappa shape index (κ2) is 5.82. The molecule has 1 heterocycles. The standard InChI is InChI=1S/C7H15F3OSi2/c8-6(7(9)10)2-5-13-4-1-3-11-12-13/h6-7,13H,1-5,12H2. The summed E-state index contributed by atoms with van der Waals surface area (Å²) in [5.74, 6) is 0. The van der Waals surface area contributed by atoms with Gasteiger partial charge in [-0.05, 0) is 12.8 Å². The quantitative estimate of drug-likeness (QED) is 0.657. The maximum Gasteiger partial charge on any atom is 0.269 e. The summed E-state index contributed by atoms with van der Waals surface area (Å²) < 4.78 is 41.5. The van der Waals surface area contributed by atoms with Crippen LogP contribution in [-0.2, 0) is 4.43 Å². The zero-order valence-electron chi connectivity index (χ0n) is 7.52. The molecule has 0 N–H and O–H groups in total. The first-order valence-corrected chi connectivity index (χ1v) is 10.2. The summed E-state index contributed by atoms with van der Waals surface area (Å²) in [5.41, 5.74) is 0. The summed E-state index contributed by atoms with van der Waals surface area (Å²) in [4.78, 5) is 0. The van der Waals surface area contributed by atoms with Gasteiger partial charge < -0.3 is 4.43 Å². The fourth-order valence-corrected chi connectivity index (χ4v) is 8.49. The predicted molar refractivity (Wildman–Crippen MR) is 51.4 cm³/mol. The van der Waals surface area contributed by atoms with Gasteiger partial charge in [0.25, 0.3) is 6.43 Å². The van der Waals surface area contributed by atoms with Crippen LogP contribution in [0.4, 0.5) is 13.2 Å². The Bertz CT molecular complexity index is 142. The zero-order valence-corrected chi connectivity index (χ0v) is 10.1. The van der Waals surface area contributed by atoms with Crippen molar-refractivity contribution < 1.29 is 17.6 Å². The fraction of sp³-hybridized carbons (Fsp3) is 1.00. The monoisotopic (exact) mass is 228 g/mol. The van der Waals surface area contributed by atoms with E-state index in [2.05, 4.69) is 0 Å². The number of halogens is 3. The Morgan fingerprint density at radius 2 is 2.15 bits per heavy atom. The van der Waals surface area contributed by atoms with Crippen LogP contribution in [0.5, 0.6) is 0 Å².